The molecule has 0 N–H and O–H groups in total. The van der Waals surface area contributed by atoms with Gasteiger partial charge in [0.2, 0.25) is 0 Å². The van der Waals surface area contributed by atoms with Gasteiger partial charge in [-0.25, -0.2) is 17.2 Å². The molecule has 1 aromatic carbocycles. The van der Waals surface area contributed by atoms with Gasteiger partial charge in [-0.3, -0.25) is 4.79 Å². The molecular formula is C15H18F2O4S. The Morgan fingerprint density at radius 3 is 2.50 bits per heavy atom. The highest BCUT2D eigenvalue weighted by Gasteiger charge is 2.32. The number of halogens is 2. The van der Waals surface area contributed by atoms with Crippen LogP contribution in [0.3, 0.4) is 0 Å². The molecule has 2 rings (SSSR count). The third kappa shape index (κ3) is 3.45. The number of benzene rings is 1. The summed E-state index contributed by atoms with van der Waals surface area (Å²) in [6.07, 6.45) is 2.67. The van der Waals surface area contributed by atoms with E-state index in [9.17, 15) is 22.0 Å². The van der Waals surface area contributed by atoms with Crippen molar-refractivity contribution in [3.8, 4) is 5.75 Å². The van der Waals surface area contributed by atoms with E-state index in [1.807, 2.05) is 6.92 Å². The Bertz CT molecular complexity index is 685. The summed E-state index contributed by atoms with van der Waals surface area (Å²) in [7, 11) is -3.87. The van der Waals surface area contributed by atoms with Crippen LogP contribution in [0.1, 0.15) is 32.6 Å². The monoisotopic (exact) mass is 332 g/mol. The molecule has 1 fully saturated rings. The second kappa shape index (κ2) is 6.32. The molecular weight excluding hydrogens is 314 g/mol. The van der Waals surface area contributed by atoms with Gasteiger partial charge in [0.05, 0.1) is 0 Å². The molecule has 1 saturated carbocycles. The quantitative estimate of drug-likeness (QED) is 0.850. The Morgan fingerprint density at radius 1 is 1.23 bits per heavy atom. The second-order valence-corrected chi connectivity index (χ2v) is 7.51. The first-order chi connectivity index (χ1) is 10.2. The molecule has 0 aromatic heterocycles. The summed E-state index contributed by atoms with van der Waals surface area (Å²) in [5, 5.41) is 0. The van der Waals surface area contributed by atoms with Gasteiger partial charge in [0, 0.05) is 18.2 Å². The first-order valence-electron chi connectivity index (χ1n) is 7.13. The first kappa shape index (κ1) is 16.9. The van der Waals surface area contributed by atoms with E-state index in [2.05, 4.69) is 0 Å². The topological polar surface area (TPSA) is 60.4 Å². The van der Waals surface area contributed by atoms with Crippen LogP contribution in [-0.4, -0.2) is 26.6 Å². The van der Waals surface area contributed by atoms with Crippen LogP contribution < -0.4 is 4.74 Å². The predicted molar refractivity (Wildman–Crippen MR) is 76.5 cm³/mol. The maximum Gasteiger partial charge on any atom is 0.178 e. The van der Waals surface area contributed by atoms with E-state index in [1.165, 1.54) is 0 Å². The van der Waals surface area contributed by atoms with Crippen molar-refractivity contribution in [2.75, 3.05) is 6.26 Å². The van der Waals surface area contributed by atoms with Gasteiger partial charge < -0.3 is 4.74 Å². The van der Waals surface area contributed by atoms with Gasteiger partial charge in [-0.05, 0) is 31.7 Å². The van der Waals surface area contributed by atoms with Crippen molar-refractivity contribution in [1.29, 1.82) is 0 Å². The van der Waals surface area contributed by atoms with Crippen LogP contribution in [0.2, 0.25) is 0 Å². The number of hydrogen-bond acceptors (Lipinski definition) is 4. The zero-order valence-electron chi connectivity index (χ0n) is 12.4. The molecule has 0 aliphatic heterocycles. The average Bonchev–Trinajstić information content (AvgIpc) is 2.43. The SMILES string of the molecule is CCC1CCCC(Oc2cc(F)c(S(C)(=O)=O)cc2F)C1=O. The van der Waals surface area contributed by atoms with Gasteiger partial charge in [-0.2, -0.15) is 0 Å². The standard InChI is InChI=1S/C15H18F2O4S/c1-3-9-5-4-6-12(15(9)18)21-13-7-11(17)14(8-10(13)16)22(2,19)20/h7-9,12H,3-6H2,1-2H3. The van der Waals surface area contributed by atoms with Crippen LogP contribution >= 0.6 is 0 Å². The zero-order chi connectivity index (χ0) is 16.5. The molecule has 22 heavy (non-hydrogen) atoms. The Hall–Kier alpha value is -1.50. The highest BCUT2D eigenvalue weighted by Crippen LogP contribution is 2.30. The Kier molecular flexibility index (Phi) is 4.84. The van der Waals surface area contributed by atoms with E-state index in [0.717, 1.165) is 19.1 Å². The van der Waals surface area contributed by atoms with E-state index in [1.54, 1.807) is 0 Å². The minimum Gasteiger partial charge on any atom is -0.479 e. The van der Waals surface area contributed by atoms with Gasteiger partial charge in [-0.15, -0.1) is 0 Å². The highest BCUT2D eigenvalue weighted by atomic mass is 32.2. The molecule has 0 heterocycles. The molecule has 0 spiro atoms. The second-order valence-electron chi connectivity index (χ2n) is 5.53. The van der Waals surface area contributed by atoms with Gasteiger partial charge >= 0.3 is 0 Å². The first-order valence-corrected chi connectivity index (χ1v) is 9.02. The van der Waals surface area contributed by atoms with E-state index >= 15 is 0 Å². The summed E-state index contributed by atoms with van der Waals surface area (Å²) in [5.74, 6) is -2.75. The lowest BCUT2D eigenvalue weighted by Gasteiger charge is -2.27. The fraction of sp³-hybridized carbons (Fsp3) is 0.533. The Morgan fingerprint density at radius 2 is 1.91 bits per heavy atom. The average molecular weight is 332 g/mol. The summed E-state index contributed by atoms with van der Waals surface area (Å²) >= 11 is 0. The number of ketones is 1. The summed E-state index contributed by atoms with van der Waals surface area (Å²) in [5.41, 5.74) is 0. The van der Waals surface area contributed by atoms with Crippen molar-refractivity contribution < 1.29 is 26.7 Å². The van der Waals surface area contributed by atoms with Crippen LogP contribution in [0.25, 0.3) is 0 Å². The lowest BCUT2D eigenvalue weighted by atomic mass is 9.84. The van der Waals surface area contributed by atoms with Crippen molar-refractivity contribution >= 4 is 15.6 Å². The summed E-state index contributed by atoms with van der Waals surface area (Å²) in [6, 6.07) is 1.28. The largest absolute Gasteiger partial charge is 0.479 e. The van der Waals surface area contributed by atoms with Crippen molar-refractivity contribution in [3.05, 3.63) is 23.8 Å². The zero-order valence-corrected chi connectivity index (χ0v) is 13.3. The smallest absolute Gasteiger partial charge is 0.178 e. The molecule has 4 nitrogen and oxygen atoms in total. The number of carbonyl (C=O) groups excluding carboxylic acids is 1. The van der Waals surface area contributed by atoms with Gasteiger partial charge in [0.1, 0.15) is 10.7 Å². The normalized spacial score (nSPS) is 22.6. The number of carbonyl (C=O) groups is 1. The van der Waals surface area contributed by atoms with Gasteiger partial charge in [0.25, 0.3) is 0 Å². The van der Waals surface area contributed by atoms with Crippen molar-refractivity contribution in [2.24, 2.45) is 5.92 Å². The fourth-order valence-corrected chi connectivity index (χ4v) is 3.39. The third-order valence-corrected chi connectivity index (χ3v) is 5.00. The molecule has 0 saturated heterocycles. The van der Waals surface area contributed by atoms with E-state index in [0.29, 0.717) is 25.0 Å². The van der Waals surface area contributed by atoms with Crippen molar-refractivity contribution in [1.82, 2.24) is 0 Å². The van der Waals surface area contributed by atoms with Crippen LogP contribution in [0.15, 0.2) is 17.0 Å². The Balaban J connectivity index is 2.27. The minimum atomic E-state index is -3.87. The van der Waals surface area contributed by atoms with Crippen LogP contribution in [0.4, 0.5) is 8.78 Å². The molecule has 7 heteroatoms. The maximum absolute atomic E-state index is 14.0. The lowest BCUT2D eigenvalue weighted by Crippen LogP contribution is -2.36. The molecule has 1 aromatic rings. The molecule has 0 bridgehead atoms. The highest BCUT2D eigenvalue weighted by molar-refractivity contribution is 7.90. The molecule has 2 unspecified atom stereocenters. The van der Waals surface area contributed by atoms with E-state index < -0.39 is 38.2 Å². The molecule has 1 aliphatic carbocycles. The van der Waals surface area contributed by atoms with Crippen molar-refractivity contribution in [2.45, 2.75) is 43.6 Å². The lowest BCUT2D eigenvalue weighted by molar-refractivity contribution is -0.132. The number of sulfone groups is 1. The minimum absolute atomic E-state index is 0.110. The molecule has 0 amide bonds. The summed E-state index contributed by atoms with van der Waals surface area (Å²) in [4.78, 5) is 11.4. The van der Waals surface area contributed by atoms with Crippen LogP contribution in [0.5, 0.6) is 5.75 Å². The van der Waals surface area contributed by atoms with E-state index in [-0.39, 0.29) is 11.7 Å². The summed E-state index contributed by atoms with van der Waals surface area (Å²) in [6.45, 7) is 1.89. The molecule has 2 atom stereocenters. The van der Waals surface area contributed by atoms with Crippen molar-refractivity contribution in [3.63, 3.8) is 0 Å². The number of Topliss-reactive ketones (excluding diaryl/α,β-unsaturated/α-hetero) is 1. The molecule has 122 valence electrons. The maximum atomic E-state index is 14.0. The number of hydrogen-bond donors (Lipinski definition) is 0. The van der Waals surface area contributed by atoms with Crippen LogP contribution in [-0.2, 0) is 14.6 Å². The number of rotatable bonds is 4. The summed E-state index contributed by atoms with van der Waals surface area (Å²) < 4.78 is 55.8. The van der Waals surface area contributed by atoms with Gasteiger partial charge in [-0.1, -0.05) is 6.92 Å². The third-order valence-electron chi connectivity index (χ3n) is 3.89. The number of ether oxygens (including phenoxy) is 1. The van der Waals surface area contributed by atoms with Crippen LogP contribution in [0, 0.1) is 17.6 Å². The molecule has 0 radical (unpaired) electrons. The van der Waals surface area contributed by atoms with Gasteiger partial charge in [0.15, 0.2) is 33.3 Å². The predicted octanol–water partition coefficient (Wildman–Crippen LogP) is 2.89. The fourth-order valence-electron chi connectivity index (χ4n) is 2.66. The van der Waals surface area contributed by atoms with E-state index in [4.69, 9.17) is 4.74 Å². The molecule has 1 aliphatic rings. The Labute approximate surface area is 128 Å².